The Morgan fingerprint density at radius 3 is 2.38 bits per heavy atom. The number of hydrogen-bond donors (Lipinski definition) is 1. The fourth-order valence-corrected chi connectivity index (χ4v) is 3.38. The van der Waals surface area contributed by atoms with Gasteiger partial charge in [-0.15, -0.1) is 0 Å². The van der Waals surface area contributed by atoms with Crippen molar-refractivity contribution in [2.45, 2.75) is 39.8 Å². The highest BCUT2D eigenvalue weighted by molar-refractivity contribution is 6.35. The summed E-state index contributed by atoms with van der Waals surface area (Å²) in [6, 6.07) is 12.1. The van der Waals surface area contributed by atoms with Crippen molar-refractivity contribution < 1.29 is 14.3 Å². The molecule has 0 bridgehead atoms. The Morgan fingerprint density at radius 1 is 1.10 bits per heavy atom. The van der Waals surface area contributed by atoms with Crippen molar-refractivity contribution in [3.8, 4) is 5.75 Å². The maximum absolute atomic E-state index is 13.0. The Morgan fingerprint density at radius 2 is 1.79 bits per heavy atom. The van der Waals surface area contributed by atoms with Crippen molar-refractivity contribution in [1.82, 2.24) is 10.2 Å². The lowest BCUT2D eigenvalue weighted by Crippen LogP contribution is -2.50. The SMILES string of the molecule is CCNC(=O)C(CC)N(Cc1ccc(C)cc1)C(=O)COc1ccc(Cl)cc1Cl. The smallest absolute Gasteiger partial charge is 0.261 e. The monoisotopic (exact) mass is 436 g/mol. The number of rotatable bonds is 9. The van der Waals surface area contributed by atoms with E-state index >= 15 is 0 Å². The largest absolute Gasteiger partial charge is 0.482 e. The van der Waals surface area contributed by atoms with Crippen LogP contribution in [0, 0.1) is 6.92 Å². The summed E-state index contributed by atoms with van der Waals surface area (Å²) in [5.41, 5.74) is 2.07. The van der Waals surface area contributed by atoms with Crippen LogP contribution in [0.25, 0.3) is 0 Å². The van der Waals surface area contributed by atoms with E-state index in [1.807, 2.05) is 45.0 Å². The van der Waals surface area contributed by atoms with Crippen LogP contribution < -0.4 is 10.1 Å². The van der Waals surface area contributed by atoms with Crippen LogP contribution in [0.1, 0.15) is 31.4 Å². The van der Waals surface area contributed by atoms with Crippen LogP contribution in [-0.2, 0) is 16.1 Å². The summed E-state index contributed by atoms with van der Waals surface area (Å²) in [6.45, 7) is 6.31. The molecular weight excluding hydrogens is 411 g/mol. The van der Waals surface area contributed by atoms with Gasteiger partial charge in [-0.05, 0) is 44.0 Å². The highest BCUT2D eigenvalue weighted by atomic mass is 35.5. The van der Waals surface area contributed by atoms with Crippen LogP contribution >= 0.6 is 23.2 Å². The molecule has 0 spiro atoms. The van der Waals surface area contributed by atoms with E-state index in [1.54, 1.807) is 23.1 Å². The highest BCUT2D eigenvalue weighted by Gasteiger charge is 2.28. The second-order valence-electron chi connectivity index (χ2n) is 6.69. The van der Waals surface area contributed by atoms with Crippen molar-refractivity contribution in [3.63, 3.8) is 0 Å². The number of amides is 2. The van der Waals surface area contributed by atoms with Gasteiger partial charge in [0.1, 0.15) is 11.8 Å². The fraction of sp³-hybridized carbons (Fsp3) is 0.364. The fourth-order valence-electron chi connectivity index (χ4n) is 2.92. The van der Waals surface area contributed by atoms with Gasteiger partial charge < -0.3 is 15.0 Å². The molecule has 5 nitrogen and oxygen atoms in total. The number of carbonyl (C=O) groups excluding carboxylic acids is 2. The van der Waals surface area contributed by atoms with Gasteiger partial charge in [-0.3, -0.25) is 9.59 Å². The summed E-state index contributed by atoms with van der Waals surface area (Å²) >= 11 is 12.0. The first-order valence-corrected chi connectivity index (χ1v) is 10.3. The number of nitrogens with one attached hydrogen (secondary N) is 1. The van der Waals surface area contributed by atoms with Crippen molar-refractivity contribution in [2.75, 3.05) is 13.2 Å². The lowest BCUT2D eigenvalue weighted by atomic mass is 10.1. The van der Waals surface area contributed by atoms with Crippen LogP contribution in [0.5, 0.6) is 5.75 Å². The Labute approximate surface area is 181 Å². The minimum atomic E-state index is -0.590. The average Bonchev–Trinajstić information content (AvgIpc) is 2.68. The van der Waals surface area contributed by atoms with Gasteiger partial charge in [0.05, 0.1) is 5.02 Å². The number of aryl methyl sites for hydroxylation is 1. The third-order valence-electron chi connectivity index (χ3n) is 4.46. The van der Waals surface area contributed by atoms with E-state index in [0.29, 0.717) is 35.3 Å². The molecule has 0 heterocycles. The number of carbonyl (C=O) groups is 2. The summed E-state index contributed by atoms with van der Waals surface area (Å²) in [4.78, 5) is 27.1. The minimum absolute atomic E-state index is 0.181. The minimum Gasteiger partial charge on any atom is -0.482 e. The third kappa shape index (κ3) is 6.65. The molecule has 1 N–H and O–H groups in total. The third-order valence-corrected chi connectivity index (χ3v) is 4.99. The van der Waals surface area contributed by atoms with Crippen LogP contribution in [0.4, 0.5) is 0 Å². The molecule has 0 radical (unpaired) electrons. The molecule has 2 rings (SSSR count). The van der Waals surface area contributed by atoms with E-state index in [9.17, 15) is 9.59 Å². The topological polar surface area (TPSA) is 58.6 Å². The second-order valence-corrected chi connectivity index (χ2v) is 7.53. The van der Waals surface area contributed by atoms with Crippen LogP contribution in [0.2, 0.25) is 10.0 Å². The van der Waals surface area contributed by atoms with Gasteiger partial charge in [0.2, 0.25) is 5.91 Å². The zero-order valence-electron chi connectivity index (χ0n) is 16.9. The number of likely N-dealkylation sites (N-methyl/N-ethyl adjacent to an activating group) is 1. The maximum atomic E-state index is 13.0. The number of nitrogens with zero attached hydrogens (tertiary/aromatic N) is 1. The summed E-state index contributed by atoms with van der Waals surface area (Å²) < 4.78 is 5.61. The molecule has 0 aromatic heterocycles. The molecule has 1 atom stereocenters. The van der Waals surface area contributed by atoms with Gasteiger partial charge in [0.25, 0.3) is 5.91 Å². The molecule has 156 valence electrons. The number of benzene rings is 2. The standard InChI is InChI=1S/C22H26Cl2N2O3/c1-4-19(22(28)25-5-2)26(13-16-8-6-15(3)7-9-16)21(27)14-29-20-11-10-17(23)12-18(20)24/h6-12,19H,4-5,13-14H2,1-3H3,(H,25,28). The van der Waals surface area contributed by atoms with Crippen LogP contribution in [0.15, 0.2) is 42.5 Å². The highest BCUT2D eigenvalue weighted by Crippen LogP contribution is 2.27. The molecule has 2 aromatic carbocycles. The van der Waals surface area contributed by atoms with E-state index in [1.165, 1.54) is 0 Å². The first-order chi connectivity index (χ1) is 13.8. The molecule has 2 aromatic rings. The van der Waals surface area contributed by atoms with E-state index in [2.05, 4.69) is 5.32 Å². The lowest BCUT2D eigenvalue weighted by Gasteiger charge is -2.30. The molecule has 7 heteroatoms. The molecule has 0 saturated heterocycles. The second kappa shape index (κ2) is 11.1. The van der Waals surface area contributed by atoms with Gasteiger partial charge in [-0.25, -0.2) is 0 Å². The quantitative estimate of drug-likeness (QED) is 0.623. The molecule has 0 aliphatic carbocycles. The first kappa shape index (κ1) is 23.0. The van der Waals surface area contributed by atoms with Crippen molar-refractivity contribution in [3.05, 3.63) is 63.6 Å². The van der Waals surface area contributed by atoms with Crippen molar-refractivity contribution >= 4 is 35.0 Å². The van der Waals surface area contributed by atoms with Crippen molar-refractivity contribution in [1.29, 1.82) is 0 Å². The predicted octanol–water partition coefficient (Wildman–Crippen LogP) is 4.62. The Bertz CT molecular complexity index is 840. The van der Waals surface area contributed by atoms with Crippen LogP contribution in [-0.4, -0.2) is 35.9 Å². The molecule has 2 amide bonds. The summed E-state index contributed by atoms with van der Waals surface area (Å²) in [7, 11) is 0. The first-order valence-electron chi connectivity index (χ1n) is 9.56. The van der Waals surface area contributed by atoms with Gasteiger partial charge in [-0.1, -0.05) is 60.0 Å². The number of hydrogen-bond acceptors (Lipinski definition) is 3. The van der Waals surface area contributed by atoms with Gasteiger partial charge in [0, 0.05) is 18.1 Å². The zero-order valence-corrected chi connectivity index (χ0v) is 18.4. The summed E-state index contributed by atoms with van der Waals surface area (Å²) in [5, 5.41) is 3.61. The molecule has 0 fully saturated rings. The normalized spacial score (nSPS) is 11.6. The Hall–Kier alpha value is -2.24. The lowest BCUT2D eigenvalue weighted by molar-refractivity contribution is -0.142. The van der Waals surface area contributed by atoms with E-state index in [-0.39, 0.29) is 18.4 Å². The molecule has 1 unspecified atom stereocenters. The number of halogens is 2. The number of ether oxygens (including phenoxy) is 1. The van der Waals surface area contributed by atoms with E-state index in [0.717, 1.165) is 11.1 Å². The van der Waals surface area contributed by atoms with E-state index in [4.69, 9.17) is 27.9 Å². The summed E-state index contributed by atoms with van der Waals surface area (Å²) in [6.07, 6.45) is 0.491. The molecule has 29 heavy (non-hydrogen) atoms. The molecular formula is C22H26Cl2N2O3. The average molecular weight is 437 g/mol. The maximum Gasteiger partial charge on any atom is 0.261 e. The van der Waals surface area contributed by atoms with Crippen LogP contribution in [0.3, 0.4) is 0 Å². The zero-order chi connectivity index (χ0) is 21.4. The predicted molar refractivity (Wildman–Crippen MR) is 116 cm³/mol. The van der Waals surface area contributed by atoms with E-state index < -0.39 is 6.04 Å². The Balaban J connectivity index is 2.20. The van der Waals surface area contributed by atoms with Gasteiger partial charge >= 0.3 is 0 Å². The molecule has 0 aliphatic rings. The summed E-state index contributed by atoms with van der Waals surface area (Å²) in [5.74, 6) is -0.111. The van der Waals surface area contributed by atoms with Gasteiger partial charge in [0.15, 0.2) is 6.61 Å². The molecule has 0 saturated carbocycles. The molecule has 0 aliphatic heterocycles. The van der Waals surface area contributed by atoms with Crippen molar-refractivity contribution in [2.24, 2.45) is 0 Å². The Kier molecular flexibility index (Phi) is 8.80. The van der Waals surface area contributed by atoms with Gasteiger partial charge in [-0.2, -0.15) is 0 Å².